The fourth-order valence-corrected chi connectivity index (χ4v) is 3.67. The zero-order valence-corrected chi connectivity index (χ0v) is 10.6. The lowest BCUT2D eigenvalue weighted by Gasteiger charge is -2.08. The van der Waals surface area contributed by atoms with Gasteiger partial charge in [0.05, 0.1) is 5.75 Å². The van der Waals surface area contributed by atoms with E-state index in [0.29, 0.717) is 0 Å². The van der Waals surface area contributed by atoms with Crippen molar-refractivity contribution in [3.05, 3.63) is 35.4 Å². The number of hydrogen-bond donors (Lipinski definition) is 0. The molecule has 0 bridgehead atoms. The van der Waals surface area contributed by atoms with Crippen LogP contribution in [0.5, 0.6) is 0 Å². The van der Waals surface area contributed by atoms with Crippen molar-refractivity contribution in [2.45, 2.75) is 30.9 Å². The maximum absolute atomic E-state index is 13.0. The number of ketones is 1. The molecule has 0 aliphatic heterocycles. The molecule has 1 aromatic rings. The van der Waals surface area contributed by atoms with Gasteiger partial charge in [0.25, 0.3) is 0 Å². The lowest BCUT2D eigenvalue weighted by Crippen LogP contribution is -2.20. The molecule has 0 N–H and O–H groups in total. The standard InChI is InChI=1S/C13H14F2O2S/c14-11-6-5-9(7-12(11)15)13(16)8-18(17)10-3-1-2-4-10/h5-7,10H,1-4,8H2. The molecule has 18 heavy (non-hydrogen) atoms. The molecule has 2 nitrogen and oxygen atoms in total. The molecule has 0 heterocycles. The minimum atomic E-state index is -1.20. The summed E-state index contributed by atoms with van der Waals surface area (Å²) in [6, 6.07) is 3.01. The van der Waals surface area contributed by atoms with Crippen LogP contribution in [0.15, 0.2) is 18.2 Å². The van der Waals surface area contributed by atoms with Gasteiger partial charge in [-0.3, -0.25) is 9.00 Å². The molecule has 0 aromatic heterocycles. The van der Waals surface area contributed by atoms with Crippen LogP contribution in [0, 0.1) is 11.6 Å². The van der Waals surface area contributed by atoms with Crippen LogP contribution in [0.2, 0.25) is 0 Å². The van der Waals surface area contributed by atoms with E-state index in [-0.39, 0.29) is 22.3 Å². The second kappa shape index (κ2) is 5.69. The van der Waals surface area contributed by atoms with Gasteiger partial charge in [0.1, 0.15) is 0 Å². The van der Waals surface area contributed by atoms with Crippen molar-refractivity contribution < 1.29 is 17.8 Å². The molecule has 0 saturated heterocycles. The molecule has 0 amide bonds. The molecule has 1 aliphatic rings. The minimum absolute atomic E-state index is 0.0826. The number of rotatable bonds is 4. The third-order valence-electron chi connectivity index (χ3n) is 3.19. The molecule has 98 valence electrons. The molecule has 1 unspecified atom stereocenters. The van der Waals surface area contributed by atoms with Crippen molar-refractivity contribution in [1.29, 1.82) is 0 Å². The van der Waals surface area contributed by atoms with Crippen LogP contribution in [0.3, 0.4) is 0 Å². The molecule has 1 saturated carbocycles. The summed E-state index contributed by atoms with van der Waals surface area (Å²) in [5.74, 6) is -2.52. The Labute approximate surface area is 107 Å². The number of hydrogen-bond acceptors (Lipinski definition) is 2. The number of carbonyl (C=O) groups excluding carboxylic acids is 1. The largest absolute Gasteiger partial charge is 0.293 e. The van der Waals surface area contributed by atoms with Gasteiger partial charge in [0, 0.05) is 21.6 Å². The zero-order chi connectivity index (χ0) is 13.1. The molecular formula is C13H14F2O2S. The molecule has 2 rings (SSSR count). The Morgan fingerprint density at radius 2 is 1.89 bits per heavy atom. The number of benzene rings is 1. The van der Waals surface area contributed by atoms with Crippen LogP contribution in [0.1, 0.15) is 36.0 Å². The monoisotopic (exact) mass is 272 g/mol. The number of carbonyl (C=O) groups is 1. The molecule has 1 fully saturated rings. The van der Waals surface area contributed by atoms with Crippen molar-refractivity contribution in [3.8, 4) is 0 Å². The first-order valence-corrected chi connectivity index (χ1v) is 7.31. The fourth-order valence-electron chi connectivity index (χ4n) is 2.15. The SMILES string of the molecule is O=C(CS(=O)C1CCCC1)c1ccc(F)c(F)c1. The first-order chi connectivity index (χ1) is 8.58. The highest BCUT2D eigenvalue weighted by Crippen LogP contribution is 2.23. The highest BCUT2D eigenvalue weighted by Gasteiger charge is 2.23. The van der Waals surface area contributed by atoms with Crippen LogP contribution >= 0.6 is 0 Å². The molecule has 5 heteroatoms. The smallest absolute Gasteiger partial charge is 0.175 e. The second-order valence-corrected chi connectivity index (χ2v) is 6.20. The average Bonchev–Trinajstić information content (AvgIpc) is 2.86. The lowest BCUT2D eigenvalue weighted by molar-refractivity contribution is 0.102. The van der Waals surface area contributed by atoms with Crippen molar-refractivity contribution in [1.82, 2.24) is 0 Å². The number of Topliss-reactive ketones (excluding diaryl/α,β-unsaturated/α-hetero) is 1. The molecule has 1 atom stereocenters. The topological polar surface area (TPSA) is 34.1 Å². The maximum Gasteiger partial charge on any atom is 0.175 e. The van der Waals surface area contributed by atoms with Crippen LogP contribution in [-0.2, 0) is 10.8 Å². The maximum atomic E-state index is 13.0. The van der Waals surface area contributed by atoms with Gasteiger partial charge in [-0.25, -0.2) is 8.78 Å². The Morgan fingerprint density at radius 1 is 1.22 bits per heavy atom. The molecule has 1 aliphatic carbocycles. The third-order valence-corrected chi connectivity index (χ3v) is 4.95. The fraction of sp³-hybridized carbons (Fsp3) is 0.462. The normalized spacial score (nSPS) is 17.9. The van der Waals surface area contributed by atoms with E-state index in [1.165, 1.54) is 6.07 Å². The van der Waals surface area contributed by atoms with Crippen LogP contribution in [0.4, 0.5) is 8.78 Å². The van der Waals surface area contributed by atoms with Gasteiger partial charge in [0.2, 0.25) is 0 Å². The Kier molecular flexibility index (Phi) is 4.22. The van der Waals surface area contributed by atoms with Crippen LogP contribution in [-0.4, -0.2) is 21.0 Å². The second-order valence-electron chi connectivity index (χ2n) is 4.48. The van der Waals surface area contributed by atoms with Gasteiger partial charge >= 0.3 is 0 Å². The first kappa shape index (κ1) is 13.3. The highest BCUT2D eigenvalue weighted by molar-refractivity contribution is 7.86. The van der Waals surface area contributed by atoms with Gasteiger partial charge in [-0.1, -0.05) is 12.8 Å². The first-order valence-electron chi connectivity index (χ1n) is 5.93. The van der Waals surface area contributed by atoms with Gasteiger partial charge in [-0.2, -0.15) is 0 Å². The van der Waals surface area contributed by atoms with E-state index >= 15 is 0 Å². The number of halogens is 2. The molecule has 0 radical (unpaired) electrons. The van der Waals surface area contributed by atoms with Gasteiger partial charge in [-0.15, -0.1) is 0 Å². The van der Waals surface area contributed by atoms with E-state index in [1.54, 1.807) is 0 Å². The zero-order valence-electron chi connectivity index (χ0n) is 9.83. The van der Waals surface area contributed by atoms with Crippen LogP contribution in [0.25, 0.3) is 0 Å². The highest BCUT2D eigenvalue weighted by atomic mass is 32.2. The molecular weight excluding hydrogens is 258 g/mol. The third kappa shape index (κ3) is 3.02. The Bertz CT molecular complexity index is 482. The van der Waals surface area contributed by atoms with E-state index in [9.17, 15) is 17.8 Å². The lowest BCUT2D eigenvalue weighted by atomic mass is 10.1. The van der Waals surface area contributed by atoms with Gasteiger partial charge in [-0.05, 0) is 31.0 Å². The summed E-state index contributed by atoms with van der Waals surface area (Å²) >= 11 is 0. The van der Waals surface area contributed by atoms with E-state index in [1.807, 2.05) is 0 Å². The summed E-state index contributed by atoms with van der Waals surface area (Å²) in [4.78, 5) is 11.8. The van der Waals surface area contributed by atoms with Gasteiger partial charge in [0.15, 0.2) is 17.4 Å². The van der Waals surface area contributed by atoms with E-state index in [0.717, 1.165) is 37.8 Å². The Morgan fingerprint density at radius 3 is 2.50 bits per heavy atom. The molecule has 0 spiro atoms. The minimum Gasteiger partial charge on any atom is -0.293 e. The van der Waals surface area contributed by atoms with E-state index < -0.39 is 22.4 Å². The summed E-state index contributed by atoms with van der Waals surface area (Å²) in [6.07, 6.45) is 3.88. The quantitative estimate of drug-likeness (QED) is 0.790. The average molecular weight is 272 g/mol. The molecule has 1 aromatic carbocycles. The van der Waals surface area contributed by atoms with E-state index in [2.05, 4.69) is 0 Å². The van der Waals surface area contributed by atoms with Crippen LogP contribution < -0.4 is 0 Å². The Hall–Kier alpha value is -1.10. The van der Waals surface area contributed by atoms with Crippen molar-refractivity contribution in [3.63, 3.8) is 0 Å². The van der Waals surface area contributed by atoms with Gasteiger partial charge < -0.3 is 0 Å². The summed E-state index contributed by atoms with van der Waals surface area (Å²) in [6.45, 7) is 0. The van der Waals surface area contributed by atoms with E-state index in [4.69, 9.17) is 0 Å². The van der Waals surface area contributed by atoms with Crippen molar-refractivity contribution in [2.75, 3.05) is 5.75 Å². The van der Waals surface area contributed by atoms with Crippen molar-refractivity contribution >= 4 is 16.6 Å². The summed E-state index contributed by atoms with van der Waals surface area (Å²) in [7, 11) is -1.20. The summed E-state index contributed by atoms with van der Waals surface area (Å²) in [5.41, 5.74) is 0.0836. The predicted molar refractivity (Wildman–Crippen MR) is 66.0 cm³/mol. The summed E-state index contributed by atoms with van der Waals surface area (Å²) < 4.78 is 37.6. The predicted octanol–water partition coefficient (Wildman–Crippen LogP) is 2.84. The summed E-state index contributed by atoms with van der Waals surface area (Å²) in [5, 5.41) is 0.0826. The van der Waals surface area contributed by atoms with Crippen molar-refractivity contribution in [2.24, 2.45) is 0 Å². The Balaban J connectivity index is 2.02.